The van der Waals surface area contributed by atoms with Gasteiger partial charge in [0.1, 0.15) is 5.82 Å². The van der Waals surface area contributed by atoms with Gasteiger partial charge in [0.15, 0.2) is 0 Å². The van der Waals surface area contributed by atoms with Crippen LogP contribution in [-0.4, -0.2) is 28.2 Å². The molecule has 1 fully saturated rings. The fraction of sp³-hybridized carbons (Fsp3) is 0.500. The summed E-state index contributed by atoms with van der Waals surface area (Å²) in [6, 6.07) is 4.78. The van der Waals surface area contributed by atoms with Gasteiger partial charge in [-0.15, -0.1) is 0 Å². The molecule has 3 nitrogen and oxygen atoms in total. The Labute approximate surface area is 125 Å². The summed E-state index contributed by atoms with van der Waals surface area (Å²) in [6.07, 6.45) is 2.38. The molecule has 0 saturated heterocycles. The van der Waals surface area contributed by atoms with E-state index in [0.29, 0.717) is 5.75 Å². The van der Waals surface area contributed by atoms with Crippen LogP contribution in [0, 0.1) is 11.7 Å². The van der Waals surface area contributed by atoms with Gasteiger partial charge in [0.2, 0.25) is 5.91 Å². The van der Waals surface area contributed by atoms with Gasteiger partial charge >= 0.3 is 0 Å². The van der Waals surface area contributed by atoms with Crippen LogP contribution in [-0.2, 0) is 15.6 Å². The lowest BCUT2D eigenvalue weighted by Crippen LogP contribution is -2.34. The van der Waals surface area contributed by atoms with Crippen LogP contribution in [0.1, 0.15) is 24.8 Å². The van der Waals surface area contributed by atoms with E-state index in [1.165, 1.54) is 12.1 Å². The smallest absolute Gasteiger partial charge is 0.223 e. The van der Waals surface area contributed by atoms with Crippen LogP contribution in [0.25, 0.3) is 0 Å². The molecule has 0 spiro atoms. The van der Waals surface area contributed by atoms with Crippen LogP contribution < -0.4 is 5.32 Å². The maximum absolute atomic E-state index is 13.4. The molecule has 0 heterocycles. The Morgan fingerprint density at radius 2 is 2.30 bits per heavy atom. The van der Waals surface area contributed by atoms with E-state index in [2.05, 4.69) is 5.32 Å². The number of carbonyl (C=O) groups excluding carboxylic acids is 1. The van der Waals surface area contributed by atoms with Gasteiger partial charge in [0.05, 0.1) is 5.02 Å². The molecule has 20 heavy (non-hydrogen) atoms. The second-order valence-corrected chi connectivity index (χ2v) is 7.16. The van der Waals surface area contributed by atoms with Crippen LogP contribution in [0.15, 0.2) is 18.2 Å². The Morgan fingerprint density at radius 3 is 2.90 bits per heavy atom. The Kier molecular flexibility index (Phi) is 4.81. The third kappa shape index (κ3) is 3.79. The molecule has 0 radical (unpaired) electrons. The van der Waals surface area contributed by atoms with E-state index < -0.39 is 16.6 Å². The zero-order valence-corrected chi connectivity index (χ0v) is 12.9. The summed E-state index contributed by atoms with van der Waals surface area (Å²) in [5, 5.41) is 3.02. The van der Waals surface area contributed by atoms with Gasteiger partial charge in [-0.2, -0.15) is 0 Å². The van der Waals surface area contributed by atoms with Gasteiger partial charge in [-0.3, -0.25) is 9.00 Å². The molecule has 2 rings (SSSR count). The minimum absolute atomic E-state index is 0.0378. The average Bonchev–Trinajstić information content (AvgIpc) is 3.11. The highest BCUT2D eigenvalue weighted by molar-refractivity contribution is 7.84. The lowest BCUT2D eigenvalue weighted by atomic mass is 10.1. The molecular formula is C14H17ClFNO2S. The number of hydrogen-bond acceptors (Lipinski definition) is 2. The number of hydrogen-bond donors (Lipinski definition) is 1. The highest BCUT2D eigenvalue weighted by Crippen LogP contribution is 2.41. The van der Waals surface area contributed by atoms with E-state index in [1.807, 2.05) is 0 Å². The van der Waals surface area contributed by atoms with Crippen molar-refractivity contribution >= 4 is 28.3 Å². The first-order valence-electron chi connectivity index (χ1n) is 6.44. The van der Waals surface area contributed by atoms with Gasteiger partial charge in [-0.05, 0) is 24.1 Å². The van der Waals surface area contributed by atoms with Crippen molar-refractivity contribution in [2.45, 2.75) is 25.3 Å². The quantitative estimate of drug-likeness (QED) is 0.907. The van der Waals surface area contributed by atoms with Crippen LogP contribution in [0.4, 0.5) is 4.39 Å². The SMILES string of the molecule is C[C@H](C[S@@](C)=O)C(=O)N[C@@H]1C[C@H]1c1ccc(Cl)c(F)c1. The molecule has 0 aliphatic heterocycles. The van der Waals surface area contributed by atoms with Crippen molar-refractivity contribution in [2.75, 3.05) is 12.0 Å². The highest BCUT2D eigenvalue weighted by Gasteiger charge is 2.40. The maximum Gasteiger partial charge on any atom is 0.223 e. The largest absolute Gasteiger partial charge is 0.352 e. The average molecular weight is 318 g/mol. The molecule has 1 saturated carbocycles. The minimum Gasteiger partial charge on any atom is -0.352 e. The van der Waals surface area contributed by atoms with E-state index in [0.717, 1.165) is 12.0 Å². The topological polar surface area (TPSA) is 46.2 Å². The van der Waals surface area contributed by atoms with Gasteiger partial charge < -0.3 is 5.32 Å². The summed E-state index contributed by atoms with van der Waals surface area (Å²) in [6.45, 7) is 1.76. The van der Waals surface area contributed by atoms with Crippen LogP contribution in [0.5, 0.6) is 0 Å². The number of amides is 1. The van der Waals surface area contributed by atoms with Crippen molar-refractivity contribution in [1.29, 1.82) is 0 Å². The summed E-state index contributed by atoms with van der Waals surface area (Å²) in [5.41, 5.74) is 0.851. The first-order valence-corrected chi connectivity index (χ1v) is 8.54. The van der Waals surface area contributed by atoms with Crippen molar-refractivity contribution in [2.24, 2.45) is 5.92 Å². The Hall–Kier alpha value is -0.940. The summed E-state index contributed by atoms with van der Waals surface area (Å²) in [7, 11) is -0.986. The molecule has 0 bridgehead atoms. The Balaban J connectivity index is 1.90. The van der Waals surface area contributed by atoms with Crippen LogP contribution in [0.3, 0.4) is 0 Å². The molecule has 1 N–H and O–H groups in total. The molecule has 4 atom stereocenters. The van der Waals surface area contributed by atoms with Crippen molar-refractivity contribution in [3.05, 3.63) is 34.6 Å². The molecule has 110 valence electrons. The summed E-state index contributed by atoms with van der Waals surface area (Å²) in [5.74, 6) is -0.300. The van der Waals surface area contributed by atoms with E-state index in [1.54, 1.807) is 19.2 Å². The number of rotatable bonds is 5. The Morgan fingerprint density at radius 1 is 1.60 bits per heavy atom. The standard InChI is InChI=1S/C14H17ClFNO2S/c1-8(7-20(2)19)14(18)17-13-6-10(13)9-3-4-11(15)12(16)5-9/h3-5,8,10,13H,6-7H2,1-2H3,(H,17,18)/t8-,10+,13-,20-/m1/s1. The van der Waals surface area contributed by atoms with Crippen LogP contribution >= 0.6 is 11.6 Å². The Bertz CT molecular complexity index is 552. The van der Waals surface area contributed by atoms with Crippen molar-refractivity contribution < 1.29 is 13.4 Å². The summed E-state index contributed by atoms with van der Waals surface area (Å²) >= 11 is 5.64. The molecule has 0 aromatic heterocycles. The first-order chi connectivity index (χ1) is 9.38. The predicted octanol–water partition coefficient (Wildman–Crippen LogP) is 2.47. The fourth-order valence-electron chi connectivity index (χ4n) is 2.22. The normalized spacial score (nSPS) is 24.0. The zero-order valence-electron chi connectivity index (χ0n) is 11.4. The van der Waals surface area contributed by atoms with Crippen molar-refractivity contribution in [3.63, 3.8) is 0 Å². The van der Waals surface area contributed by atoms with E-state index in [9.17, 15) is 13.4 Å². The van der Waals surface area contributed by atoms with Gasteiger partial charge in [0, 0.05) is 40.7 Å². The molecule has 1 aliphatic rings. The van der Waals surface area contributed by atoms with Gasteiger partial charge in [0.25, 0.3) is 0 Å². The monoisotopic (exact) mass is 317 g/mol. The van der Waals surface area contributed by atoms with Crippen LogP contribution in [0.2, 0.25) is 5.02 Å². The maximum atomic E-state index is 13.4. The van der Waals surface area contributed by atoms with Gasteiger partial charge in [-0.1, -0.05) is 24.6 Å². The lowest BCUT2D eigenvalue weighted by molar-refractivity contribution is -0.124. The molecule has 1 aromatic carbocycles. The third-order valence-corrected chi connectivity index (χ3v) is 4.70. The molecule has 1 amide bonds. The summed E-state index contributed by atoms with van der Waals surface area (Å²) in [4.78, 5) is 11.9. The molecule has 1 aliphatic carbocycles. The first kappa shape index (κ1) is 15.4. The highest BCUT2D eigenvalue weighted by atomic mass is 35.5. The molecule has 1 aromatic rings. The minimum atomic E-state index is -0.986. The number of halogens is 2. The fourth-order valence-corrected chi connectivity index (χ4v) is 3.19. The van der Waals surface area contributed by atoms with E-state index in [-0.39, 0.29) is 28.8 Å². The van der Waals surface area contributed by atoms with Gasteiger partial charge in [-0.25, -0.2) is 4.39 Å². The van der Waals surface area contributed by atoms with Crippen molar-refractivity contribution in [1.82, 2.24) is 5.32 Å². The second-order valence-electron chi connectivity index (χ2n) is 5.27. The number of benzene rings is 1. The number of carbonyl (C=O) groups is 1. The zero-order chi connectivity index (χ0) is 14.9. The number of nitrogens with one attached hydrogen (secondary N) is 1. The second kappa shape index (κ2) is 6.22. The van der Waals surface area contributed by atoms with Crippen molar-refractivity contribution in [3.8, 4) is 0 Å². The van der Waals surface area contributed by atoms with E-state index in [4.69, 9.17) is 11.6 Å². The molecular weight excluding hydrogens is 301 g/mol. The predicted molar refractivity (Wildman–Crippen MR) is 78.8 cm³/mol. The lowest BCUT2D eigenvalue weighted by Gasteiger charge is -2.10. The van der Waals surface area contributed by atoms with E-state index >= 15 is 0 Å². The molecule has 6 heteroatoms. The molecule has 0 unspecified atom stereocenters. The summed E-state index contributed by atoms with van der Waals surface area (Å²) < 4.78 is 24.5. The third-order valence-electron chi connectivity index (χ3n) is 3.42.